The predicted octanol–water partition coefficient (Wildman–Crippen LogP) is 1.31. The second kappa shape index (κ2) is 3.35. The zero-order chi connectivity index (χ0) is 10.1. The first kappa shape index (κ1) is 9.10. The van der Waals surface area contributed by atoms with Crippen molar-refractivity contribution in [2.45, 2.75) is 0 Å². The number of halogens is 1. The van der Waals surface area contributed by atoms with Gasteiger partial charge in [0.1, 0.15) is 10.8 Å². The molecular weight excluding hydrogens is 228 g/mol. The smallest absolute Gasteiger partial charge is 0.319 e. The normalized spacial score (nSPS) is 10.4. The standard InChI is InChI=1S/C6H3ClN4O2S/c7-4-3-1-2-8-5(3)10-6(9-4)11-14(12)13/h1-2H,(H,8,9,10). The van der Waals surface area contributed by atoms with Crippen molar-refractivity contribution in [2.24, 2.45) is 4.36 Å². The van der Waals surface area contributed by atoms with E-state index in [-0.39, 0.29) is 11.1 Å². The number of hydrogen-bond acceptors (Lipinski definition) is 5. The number of nitrogens with zero attached hydrogens (tertiary/aromatic N) is 3. The first-order chi connectivity index (χ1) is 6.66. The summed E-state index contributed by atoms with van der Waals surface area (Å²) >= 11 is 5.75. The molecule has 2 aromatic rings. The molecule has 0 aromatic carbocycles. The summed E-state index contributed by atoms with van der Waals surface area (Å²) in [6.07, 6.45) is 1.63. The van der Waals surface area contributed by atoms with E-state index in [1.165, 1.54) is 0 Å². The zero-order valence-electron chi connectivity index (χ0n) is 6.60. The molecule has 0 saturated carbocycles. The van der Waals surface area contributed by atoms with Crippen LogP contribution in [-0.4, -0.2) is 23.4 Å². The molecule has 0 atom stereocenters. The number of nitrogens with one attached hydrogen (secondary N) is 1. The summed E-state index contributed by atoms with van der Waals surface area (Å²) in [6, 6.07) is 1.69. The van der Waals surface area contributed by atoms with Gasteiger partial charge in [0.25, 0.3) is 5.95 Å². The summed E-state index contributed by atoms with van der Waals surface area (Å²) in [5.41, 5.74) is 0.453. The van der Waals surface area contributed by atoms with Gasteiger partial charge in [0.15, 0.2) is 0 Å². The Balaban J connectivity index is 2.76. The minimum Gasteiger partial charge on any atom is -0.346 e. The highest BCUT2D eigenvalue weighted by atomic mass is 35.5. The highest BCUT2D eigenvalue weighted by Gasteiger charge is 2.05. The van der Waals surface area contributed by atoms with Crippen molar-refractivity contribution in [3.8, 4) is 0 Å². The minimum atomic E-state index is -2.58. The van der Waals surface area contributed by atoms with Crippen LogP contribution in [0.25, 0.3) is 11.0 Å². The molecule has 0 fully saturated rings. The highest BCUT2D eigenvalue weighted by Crippen LogP contribution is 2.21. The summed E-state index contributed by atoms with van der Waals surface area (Å²) in [5.74, 6) is -0.182. The maximum atomic E-state index is 10.3. The van der Waals surface area contributed by atoms with Gasteiger partial charge in [0.05, 0.1) is 5.39 Å². The minimum absolute atomic E-state index is 0.167. The lowest BCUT2D eigenvalue weighted by Gasteiger charge is -1.92. The Bertz CT molecular complexity index is 610. The number of aromatic nitrogens is 3. The number of aromatic amines is 1. The van der Waals surface area contributed by atoms with E-state index >= 15 is 0 Å². The Morgan fingerprint density at radius 2 is 2.21 bits per heavy atom. The monoisotopic (exact) mass is 230 g/mol. The van der Waals surface area contributed by atoms with E-state index in [0.29, 0.717) is 11.0 Å². The fourth-order valence-electron chi connectivity index (χ4n) is 1.00. The van der Waals surface area contributed by atoms with Crippen LogP contribution >= 0.6 is 11.6 Å². The van der Waals surface area contributed by atoms with Crippen molar-refractivity contribution in [3.63, 3.8) is 0 Å². The van der Waals surface area contributed by atoms with Crippen LogP contribution in [0.3, 0.4) is 0 Å². The van der Waals surface area contributed by atoms with Crippen LogP contribution in [0, 0.1) is 0 Å². The van der Waals surface area contributed by atoms with Crippen LogP contribution < -0.4 is 0 Å². The molecule has 0 amide bonds. The van der Waals surface area contributed by atoms with Crippen LogP contribution in [-0.2, 0) is 10.5 Å². The van der Waals surface area contributed by atoms with Crippen LogP contribution in [0.5, 0.6) is 0 Å². The predicted molar refractivity (Wildman–Crippen MR) is 49.9 cm³/mol. The molecule has 0 saturated heterocycles. The van der Waals surface area contributed by atoms with Gasteiger partial charge >= 0.3 is 10.5 Å². The lowest BCUT2D eigenvalue weighted by molar-refractivity contribution is 0.622. The summed E-state index contributed by atoms with van der Waals surface area (Å²) in [4.78, 5) is 10.3. The molecule has 0 aliphatic rings. The van der Waals surface area contributed by atoms with Gasteiger partial charge in [0.2, 0.25) is 0 Å². The second-order valence-electron chi connectivity index (χ2n) is 2.36. The first-order valence-electron chi connectivity index (χ1n) is 3.48. The highest BCUT2D eigenvalue weighted by molar-refractivity contribution is 7.61. The van der Waals surface area contributed by atoms with Crippen molar-refractivity contribution >= 4 is 39.1 Å². The van der Waals surface area contributed by atoms with Crippen molar-refractivity contribution in [1.29, 1.82) is 0 Å². The SMILES string of the molecule is O=S(=O)=Nc1nc(Cl)c2cc[nH]c2n1. The summed E-state index contributed by atoms with van der Waals surface area (Å²) in [5, 5.41) is 0.794. The van der Waals surface area contributed by atoms with Crippen LogP contribution in [0.2, 0.25) is 5.15 Å². The molecule has 2 aromatic heterocycles. The number of rotatable bonds is 1. The van der Waals surface area contributed by atoms with Gasteiger partial charge in [-0.3, -0.25) is 0 Å². The molecule has 0 radical (unpaired) electrons. The van der Waals surface area contributed by atoms with Gasteiger partial charge in [-0.25, -0.2) is 0 Å². The Morgan fingerprint density at radius 3 is 2.93 bits per heavy atom. The van der Waals surface area contributed by atoms with Crippen molar-refractivity contribution in [1.82, 2.24) is 15.0 Å². The fraction of sp³-hybridized carbons (Fsp3) is 0. The molecule has 0 unspecified atom stereocenters. The topological polar surface area (TPSA) is 88.1 Å². The van der Waals surface area contributed by atoms with E-state index in [0.717, 1.165) is 0 Å². The Hall–Kier alpha value is -1.47. The van der Waals surface area contributed by atoms with Crippen LogP contribution in [0.4, 0.5) is 5.95 Å². The summed E-state index contributed by atoms with van der Waals surface area (Å²) in [6.45, 7) is 0. The third-order valence-corrected chi connectivity index (χ3v) is 2.11. The molecular formula is C6H3ClN4O2S. The van der Waals surface area contributed by atoms with Crippen LogP contribution in [0.1, 0.15) is 0 Å². The molecule has 72 valence electrons. The Kier molecular flexibility index (Phi) is 2.18. The van der Waals surface area contributed by atoms with Crippen LogP contribution in [0.15, 0.2) is 16.6 Å². The Labute approximate surface area is 84.7 Å². The van der Waals surface area contributed by atoms with Crippen molar-refractivity contribution < 1.29 is 8.42 Å². The zero-order valence-corrected chi connectivity index (χ0v) is 8.17. The number of H-pyrrole nitrogens is 1. The third-order valence-electron chi connectivity index (χ3n) is 1.51. The molecule has 8 heteroatoms. The van der Waals surface area contributed by atoms with E-state index in [1.54, 1.807) is 12.3 Å². The van der Waals surface area contributed by atoms with E-state index in [4.69, 9.17) is 11.6 Å². The summed E-state index contributed by atoms with van der Waals surface area (Å²) in [7, 11) is -2.58. The van der Waals surface area contributed by atoms with E-state index in [2.05, 4.69) is 19.3 Å². The molecule has 0 aliphatic heterocycles. The number of hydrogen-bond donors (Lipinski definition) is 1. The molecule has 0 aliphatic carbocycles. The number of fused-ring (bicyclic) bond motifs is 1. The van der Waals surface area contributed by atoms with Gasteiger partial charge in [-0.15, -0.1) is 0 Å². The first-order valence-corrected chi connectivity index (χ1v) is 4.89. The largest absolute Gasteiger partial charge is 0.346 e. The molecule has 2 heterocycles. The molecule has 2 rings (SSSR count). The molecule has 6 nitrogen and oxygen atoms in total. The maximum Gasteiger partial charge on any atom is 0.319 e. The fourth-order valence-corrected chi connectivity index (χ4v) is 1.44. The molecule has 0 spiro atoms. The maximum absolute atomic E-state index is 10.3. The van der Waals surface area contributed by atoms with E-state index in [9.17, 15) is 8.42 Å². The van der Waals surface area contributed by atoms with E-state index < -0.39 is 10.5 Å². The van der Waals surface area contributed by atoms with Gasteiger partial charge in [-0.05, 0) is 6.07 Å². The van der Waals surface area contributed by atoms with Gasteiger partial charge in [-0.1, -0.05) is 16.0 Å². The van der Waals surface area contributed by atoms with Gasteiger partial charge < -0.3 is 4.98 Å². The molecule has 0 bridgehead atoms. The van der Waals surface area contributed by atoms with Gasteiger partial charge in [-0.2, -0.15) is 18.4 Å². The van der Waals surface area contributed by atoms with Crippen molar-refractivity contribution in [3.05, 3.63) is 17.4 Å². The molecule has 1 N–H and O–H groups in total. The second-order valence-corrected chi connectivity index (χ2v) is 3.34. The van der Waals surface area contributed by atoms with Gasteiger partial charge in [0, 0.05) is 6.20 Å². The lowest BCUT2D eigenvalue weighted by Crippen LogP contribution is -1.83. The average Bonchev–Trinajstić information content (AvgIpc) is 2.50. The van der Waals surface area contributed by atoms with Crippen molar-refractivity contribution in [2.75, 3.05) is 0 Å². The quantitative estimate of drug-likeness (QED) is 0.748. The Morgan fingerprint density at radius 1 is 1.43 bits per heavy atom. The molecule has 14 heavy (non-hydrogen) atoms. The summed E-state index contributed by atoms with van der Waals surface area (Å²) < 4.78 is 23.6. The third kappa shape index (κ3) is 1.59. The van der Waals surface area contributed by atoms with E-state index in [1.807, 2.05) is 0 Å². The average molecular weight is 231 g/mol. The lowest BCUT2D eigenvalue weighted by atomic mass is 10.4.